The van der Waals surface area contributed by atoms with Crippen LogP contribution in [0.4, 0.5) is 0 Å². The van der Waals surface area contributed by atoms with Crippen LogP contribution in [-0.4, -0.2) is 11.6 Å². The van der Waals surface area contributed by atoms with Crippen molar-refractivity contribution in [3.05, 3.63) is 35.4 Å². The predicted molar refractivity (Wildman–Crippen MR) is 76.9 cm³/mol. The van der Waals surface area contributed by atoms with Crippen molar-refractivity contribution in [1.29, 1.82) is 10.5 Å². The first-order valence-electron chi connectivity index (χ1n) is 6.87. The van der Waals surface area contributed by atoms with Gasteiger partial charge in [-0.15, -0.1) is 0 Å². The minimum absolute atomic E-state index is 0.413. The Hall–Kier alpha value is -2.33. The van der Waals surface area contributed by atoms with Gasteiger partial charge < -0.3 is 4.74 Å². The van der Waals surface area contributed by atoms with Crippen molar-refractivity contribution < 1.29 is 9.53 Å². The normalized spacial score (nSPS) is 22.8. The van der Waals surface area contributed by atoms with Crippen LogP contribution in [0.5, 0.6) is 0 Å². The van der Waals surface area contributed by atoms with Crippen molar-refractivity contribution in [2.75, 3.05) is 0 Å². The molecule has 0 saturated heterocycles. The fourth-order valence-electron chi connectivity index (χ4n) is 2.74. The number of esters is 1. The maximum Gasteiger partial charge on any atom is 0.312 e. The van der Waals surface area contributed by atoms with E-state index in [2.05, 4.69) is 0 Å². The summed E-state index contributed by atoms with van der Waals surface area (Å²) < 4.78 is 5.37. The number of hydrogen-bond donors (Lipinski definition) is 0. The highest BCUT2D eigenvalue weighted by Gasteiger charge is 2.72. The molecule has 1 aliphatic rings. The monoisotopic (exact) mass is 282 g/mol. The van der Waals surface area contributed by atoms with Crippen molar-refractivity contribution in [2.24, 2.45) is 11.3 Å². The number of aryl methyl sites for hydroxylation is 1. The Morgan fingerprint density at radius 2 is 1.81 bits per heavy atom. The molecule has 108 valence electrons. The van der Waals surface area contributed by atoms with E-state index >= 15 is 0 Å². The molecule has 0 amide bonds. The van der Waals surface area contributed by atoms with Crippen LogP contribution in [0.1, 0.15) is 37.8 Å². The Morgan fingerprint density at radius 1 is 1.24 bits per heavy atom. The fraction of sp³-hybridized carbons (Fsp3) is 0.471. The first-order chi connectivity index (χ1) is 9.77. The second-order valence-corrected chi connectivity index (χ2v) is 6.44. The fourth-order valence-corrected chi connectivity index (χ4v) is 2.74. The van der Waals surface area contributed by atoms with Gasteiger partial charge in [0.2, 0.25) is 0 Å². The van der Waals surface area contributed by atoms with E-state index in [4.69, 9.17) is 4.74 Å². The molecule has 0 N–H and O–H groups in total. The van der Waals surface area contributed by atoms with Gasteiger partial charge in [-0.3, -0.25) is 4.79 Å². The predicted octanol–water partition coefficient (Wildman–Crippen LogP) is 3.08. The molecule has 1 aromatic carbocycles. The molecule has 21 heavy (non-hydrogen) atoms. The van der Waals surface area contributed by atoms with Crippen LogP contribution in [0.25, 0.3) is 0 Å². The number of carbonyl (C=O) groups excluding carboxylic acids is 1. The number of ether oxygens (including phenoxy) is 1. The summed E-state index contributed by atoms with van der Waals surface area (Å²) in [4.78, 5) is 12.3. The zero-order valence-corrected chi connectivity index (χ0v) is 12.7. The number of nitrogens with zero attached hydrogens (tertiary/aromatic N) is 2. The Bertz CT molecular complexity index is 645. The number of benzene rings is 1. The number of rotatable bonds is 2. The van der Waals surface area contributed by atoms with E-state index in [9.17, 15) is 15.3 Å². The van der Waals surface area contributed by atoms with Gasteiger partial charge in [0.05, 0.1) is 18.1 Å². The van der Waals surface area contributed by atoms with Gasteiger partial charge in [0.1, 0.15) is 5.60 Å². The Labute approximate surface area is 125 Å². The Kier molecular flexibility index (Phi) is 3.51. The van der Waals surface area contributed by atoms with Crippen LogP contribution in [0.15, 0.2) is 24.3 Å². The van der Waals surface area contributed by atoms with E-state index in [1.165, 1.54) is 0 Å². The average Bonchev–Trinajstić information content (AvgIpc) is 3.07. The summed E-state index contributed by atoms with van der Waals surface area (Å²) in [5.74, 6) is -1.60. The molecule has 2 atom stereocenters. The molecular formula is C17H18N2O2. The lowest BCUT2D eigenvalue weighted by atomic mass is 9.98. The quantitative estimate of drug-likeness (QED) is 0.781. The summed E-state index contributed by atoms with van der Waals surface area (Å²) in [5, 5.41) is 18.8. The van der Waals surface area contributed by atoms with Crippen LogP contribution < -0.4 is 0 Å². The third kappa shape index (κ3) is 2.50. The average molecular weight is 282 g/mol. The molecule has 0 heterocycles. The highest BCUT2D eigenvalue weighted by atomic mass is 16.6. The van der Waals surface area contributed by atoms with Gasteiger partial charge in [0, 0.05) is 5.92 Å². The summed E-state index contributed by atoms with van der Waals surface area (Å²) in [6.45, 7) is 7.24. The second kappa shape index (κ2) is 4.90. The lowest BCUT2D eigenvalue weighted by Gasteiger charge is -2.19. The van der Waals surface area contributed by atoms with Crippen molar-refractivity contribution in [1.82, 2.24) is 0 Å². The molecule has 0 aliphatic heterocycles. The topological polar surface area (TPSA) is 73.9 Å². The molecule has 1 aromatic rings. The molecule has 0 aromatic heterocycles. The van der Waals surface area contributed by atoms with Crippen LogP contribution in [0.2, 0.25) is 0 Å². The van der Waals surface area contributed by atoms with Gasteiger partial charge in [-0.25, -0.2) is 0 Å². The summed E-state index contributed by atoms with van der Waals surface area (Å²) in [6, 6.07) is 11.6. The maximum atomic E-state index is 12.3. The molecular weight excluding hydrogens is 264 g/mol. The van der Waals surface area contributed by atoms with Gasteiger partial charge in [0.15, 0.2) is 5.41 Å². The number of hydrogen-bond acceptors (Lipinski definition) is 4. The van der Waals surface area contributed by atoms with Crippen molar-refractivity contribution >= 4 is 5.97 Å². The minimum atomic E-state index is -1.31. The first kappa shape index (κ1) is 15.1. The highest BCUT2D eigenvalue weighted by molar-refractivity contribution is 5.83. The summed E-state index contributed by atoms with van der Waals surface area (Å²) in [7, 11) is 0. The zero-order valence-electron chi connectivity index (χ0n) is 12.7. The van der Waals surface area contributed by atoms with E-state index in [1.807, 2.05) is 43.3 Å². The van der Waals surface area contributed by atoms with Crippen molar-refractivity contribution in [3.63, 3.8) is 0 Å². The largest absolute Gasteiger partial charge is 0.460 e. The smallest absolute Gasteiger partial charge is 0.312 e. The van der Waals surface area contributed by atoms with E-state index in [0.717, 1.165) is 11.1 Å². The van der Waals surface area contributed by atoms with Crippen LogP contribution >= 0.6 is 0 Å². The third-order valence-corrected chi connectivity index (χ3v) is 3.76. The Morgan fingerprint density at radius 3 is 2.29 bits per heavy atom. The van der Waals surface area contributed by atoms with Crippen LogP contribution in [0.3, 0.4) is 0 Å². The summed E-state index contributed by atoms with van der Waals surface area (Å²) in [5.41, 5.74) is -0.0963. The molecule has 0 radical (unpaired) electrons. The number of carbonyl (C=O) groups is 1. The molecule has 0 spiro atoms. The zero-order chi connectivity index (χ0) is 15.8. The first-order valence-corrected chi connectivity index (χ1v) is 6.87. The molecule has 1 fully saturated rings. The molecule has 0 unspecified atom stereocenters. The van der Waals surface area contributed by atoms with Crippen molar-refractivity contribution in [2.45, 2.75) is 39.2 Å². The van der Waals surface area contributed by atoms with E-state index in [1.54, 1.807) is 20.8 Å². The number of nitriles is 2. The van der Waals surface area contributed by atoms with Gasteiger partial charge >= 0.3 is 5.97 Å². The molecule has 1 aliphatic carbocycles. The second-order valence-electron chi connectivity index (χ2n) is 6.44. The van der Waals surface area contributed by atoms with Crippen LogP contribution in [-0.2, 0) is 9.53 Å². The van der Waals surface area contributed by atoms with Crippen LogP contribution in [0, 0.1) is 40.9 Å². The van der Waals surface area contributed by atoms with E-state index < -0.39 is 28.8 Å². The molecule has 2 rings (SSSR count). The standard InChI is InChI=1S/C17H18N2O2/c1-11-7-5-6-8-12(11)13-14(17(13,9-18)10-19)15(20)21-16(2,3)4/h5-8,13-14H,1-4H3/t13-,14+/m0/s1. The van der Waals surface area contributed by atoms with Crippen molar-refractivity contribution in [3.8, 4) is 12.1 Å². The summed E-state index contributed by atoms with van der Waals surface area (Å²) >= 11 is 0. The molecule has 1 saturated carbocycles. The van der Waals surface area contributed by atoms with Gasteiger partial charge in [-0.05, 0) is 38.8 Å². The minimum Gasteiger partial charge on any atom is -0.460 e. The molecule has 4 nitrogen and oxygen atoms in total. The highest BCUT2D eigenvalue weighted by Crippen LogP contribution is 2.65. The maximum absolute atomic E-state index is 12.3. The third-order valence-electron chi connectivity index (χ3n) is 3.76. The van der Waals surface area contributed by atoms with Gasteiger partial charge in [0.25, 0.3) is 0 Å². The molecule has 0 bridgehead atoms. The van der Waals surface area contributed by atoms with E-state index in [-0.39, 0.29) is 0 Å². The Balaban J connectivity index is 2.38. The lowest BCUT2D eigenvalue weighted by Crippen LogP contribution is -2.26. The lowest BCUT2D eigenvalue weighted by molar-refractivity contribution is -0.157. The van der Waals surface area contributed by atoms with Gasteiger partial charge in [-0.1, -0.05) is 24.3 Å². The summed E-state index contributed by atoms with van der Waals surface area (Å²) in [6.07, 6.45) is 0. The van der Waals surface area contributed by atoms with Gasteiger partial charge in [-0.2, -0.15) is 10.5 Å². The molecule has 4 heteroatoms. The SMILES string of the molecule is Cc1ccccc1[C@H]1[C@H](C(=O)OC(C)(C)C)C1(C#N)C#N. The van der Waals surface area contributed by atoms with E-state index in [0.29, 0.717) is 0 Å².